The summed E-state index contributed by atoms with van der Waals surface area (Å²) in [7, 11) is -4.82. The number of nitrogens with one attached hydrogen (secondary N) is 1. The number of rotatable bonds is 6. The van der Waals surface area contributed by atoms with Crippen LogP contribution < -0.4 is 10.5 Å². The Hall–Kier alpha value is -0.900. The standard InChI is InChI=1S/C12H16F4N2O2S.ClH/c1-3-12(4-2,6-17)18-21(19,20)11-9(15)7(13)5-8(14)10(11)16;/h5,18H,3-4,6,17H2,1-2H3;1H. The molecule has 0 heterocycles. The number of halogens is 5. The lowest BCUT2D eigenvalue weighted by molar-refractivity contribution is 0.358. The van der Waals surface area contributed by atoms with Gasteiger partial charge in [0.05, 0.1) is 0 Å². The second kappa shape index (κ2) is 7.58. The zero-order chi connectivity index (χ0) is 16.4. The first-order chi connectivity index (χ1) is 9.64. The van der Waals surface area contributed by atoms with E-state index in [9.17, 15) is 26.0 Å². The van der Waals surface area contributed by atoms with Crippen molar-refractivity contribution in [3.8, 4) is 0 Å². The number of benzene rings is 1. The third kappa shape index (κ3) is 3.89. The molecule has 0 spiro atoms. The topological polar surface area (TPSA) is 72.2 Å². The van der Waals surface area contributed by atoms with Crippen molar-refractivity contribution >= 4 is 22.4 Å². The highest BCUT2D eigenvalue weighted by Gasteiger charge is 2.36. The van der Waals surface area contributed by atoms with Gasteiger partial charge in [-0.05, 0) is 12.8 Å². The Balaban J connectivity index is 0.00000441. The predicted octanol–water partition coefficient (Wildman–Crippen LogP) is 2.46. The van der Waals surface area contributed by atoms with Gasteiger partial charge in [-0.25, -0.2) is 30.7 Å². The molecular formula is C12H17ClF4N2O2S. The minimum absolute atomic E-state index is 0. The molecule has 0 radical (unpaired) electrons. The first-order valence-corrected chi connectivity index (χ1v) is 7.69. The Kier molecular flexibility index (Phi) is 7.27. The molecule has 22 heavy (non-hydrogen) atoms. The second-order valence-electron chi connectivity index (χ2n) is 4.59. The van der Waals surface area contributed by atoms with Gasteiger partial charge in [0.15, 0.2) is 28.2 Å². The average molecular weight is 365 g/mol. The first kappa shape index (κ1) is 21.1. The molecule has 10 heteroatoms. The van der Waals surface area contributed by atoms with Crippen LogP contribution in [-0.4, -0.2) is 20.5 Å². The van der Waals surface area contributed by atoms with Gasteiger partial charge in [0.1, 0.15) is 0 Å². The highest BCUT2D eigenvalue weighted by atomic mass is 35.5. The van der Waals surface area contributed by atoms with Crippen LogP contribution in [0, 0.1) is 23.3 Å². The predicted molar refractivity (Wildman–Crippen MR) is 76.2 cm³/mol. The van der Waals surface area contributed by atoms with E-state index in [-0.39, 0.29) is 37.9 Å². The van der Waals surface area contributed by atoms with Gasteiger partial charge in [0.2, 0.25) is 10.0 Å². The van der Waals surface area contributed by atoms with Crippen molar-refractivity contribution in [2.75, 3.05) is 6.54 Å². The molecule has 0 aliphatic carbocycles. The third-order valence-corrected chi connectivity index (χ3v) is 5.03. The van der Waals surface area contributed by atoms with Crippen molar-refractivity contribution in [1.29, 1.82) is 0 Å². The van der Waals surface area contributed by atoms with Gasteiger partial charge < -0.3 is 5.73 Å². The highest BCUT2D eigenvalue weighted by Crippen LogP contribution is 2.26. The Labute approximate surface area is 132 Å². The lowest BCUT2D eigenvalue weighted by Gasteiger charge is -2.31. The minimum Gasteiger partial charge on any atom is -0.329 e. The van der Waals surface area contributed by atoms with Crippen molar-refractivity contribution in [3.05, 3.63) is 29.3 Å². The molecule has 0 fully saturated rings. The molecule has 0 saturated carbocycles. The molecule has 0 aromatic heterocycles. The summed E-state index contributed by atoms with van der Waals surface area (Å²) < 4.78 is 79.7. The fraction of sp³-hybridized carbons (Fsp3) is 0.500. The van der Waals surface area contributed by atoms with Crippen LogP contribution in [-0.2, 0) is 10.0 Å². The molecule has 0 saturated heterocycles. The SMILES string of the molecule is CCC(CC)(CN)NS(=O)(=O)c1c(F)c(F)cc(F)c1F.Cl. The summed E-state index contributed by atoms with van der Waals surface area (Å²) in [5.41, 5.74) is 4.34. The van der Waals surface area contributed by atoms with Gasteiger partial charge in [-0.15, -0.1) is 12.4 Å². The van der Waals surface area contributed by atoms with E-state index in [4.69, 9.17) is 5.73 Å². The van der Waals surface area contributed by atoms with Crippen LogP contribution in [0.4, 0.5) is 17.6 Å². The van der Waals surface area contributed by atoms with Gasteiger partial charge in [0.25, 0.3) is 0 Å². The van der Waals surface area contributed by atoms with Gasteiger partial charge in [-0.2, -0.15) is 0 Å². The van der Waals surface area contributed by atoms with Gasteiger partial charge in [-0.1, -0.05) is 13.8 Å². The van der Waals surface area contributed by atoms with E-state index in [0.29, 0.717) is 0 Å². The van der Waals surface area contributed by atoms with Gasteiger partial charge >= 0.3 is 0 Å². The third-order valence-electron chi connectivity index (χ3n) is 3.44. The smallest absolute Gasteiger partial charge is 0.247 e. The van der Waals surface area contributed by atoms with E-state index in [2.05, 4.69) is 0 Å². The molecule has 128 valence electrons. The van der Waals surface area contributed by atoms with Crippen LogP contribution >= 0.6 is 12.4 Å². The molecule has 0 atom stereocenters. The molecule has 0 aliphatic heterocycles. The summed E-state index contributed by atoms with van der Waals surface area (Å²) in [5.74, 6) is -7.53. The minimum atomic E-state index is -4.82. The van der Waals surface area contributed by atoms with E-state index in [1.54, 1.807) is 13.8 Å². The van der Waals surface area contributed by atoms with Crippen molar-refractivity contribution in [2.45, 2.75) is 37.1 Å². The first-order valence-electron chi connectivity index (χ1n) is 6.21. The van der Waals surface area contributed by atoms with Crippen LogP contribution in [0.5, 0.6) is 0 Å². The monoisotopic (exact) mass is 364 g/mol. The normalized spacial score (nSPS) is 12.1. The molecule has 0 aliphatic rings. The summed E-state index contributed by atoms with van der Waals surface area (Å²) >= 11 is 0. The number of nitrogens with two attached hydrogens (primary N) is 1. The number of hydrogen-bond acceptors (Lipinski definition) is 3. The van der Waals surface area contributed by atoms with Crippen molar-refractivity contribution in [3.63, 3.8) is 0 Å². The zero-order valence-electron chi connectivity index (χ0n) is 11.9. The summed E-state index contributed by atoms with van der Waals surface area (Å²) in [5, 5.41) is 0. The largest absolute Gasteiger partial charge is 0.329 e. The molecular weight excluding hydrogens is 348 g/mol. The Morgan fingerprint density at radius 1 is 1.09 bits per heavy atom. The summed E-state index contributed by atoms with van der Waals surface area (Å²) in [4.78, 5) is -1.68. The molecule has 3 N–H and O–H groups in total. The Morgan fingerprint density at radius 3 is 1.82 bits per heavy atom. The quantitative estimate of drug-likeness (QED) is 0.601. The van der Waals surface area contributed by atoms with Crippen LogP contribution in [0.1, 0.15) is 26.7 Å². The second-order valence-corrected chi connectivity index (χ2v) is 6.21. The van der Waals surface area contributed by atoms with Gasteiger partial charge in [0, 0.05) is 18.2 Å². The average Bonchev–Trinajstić information content (AvgIpc) is 2.43. The summed E-state index contributed by atoms with van der Waals surface area (Å²) in [6.45, 7) is 3.11. The summed E-state index contributed by atoms with van der Waals surface area (Å²) in [6, 6.07) is -0.0560. The molecule has 1 aromatic carbocycles. The Bertz CT molecular complexity index is 602. The molecule has 1 rings (SSSR count). The highest BCUT2D eigenvalue weighted by molar-refractivity contribution is 7.89. The van der Waals surface area contributed by atoms with Crippen molar-refractivity contribution < 1.29 is 26.0 Å². The lowest BCUT2D eigenvalue weighted by Crippen LogP contribution is -2.53. The maximum Gasteiger partial charge on any atom is 0.247 e. The van der Waals surface area contributed by atoms with E-state index in [1.165, 1.54) is 0 Å². The van der Waals surface area contributed by atoms with E-state index in [0.717, 1.165) is 0 Å². The lowest BCUT2D eigenvalue weighted by atomic mass is 9.95. The molecule has 0 unspecified atom stereocenters. The maximum atomic E-state index is 13.6. The van der Waals surface area contributed by atoms with Crippen LogP contribution in [0.15, 0.2) is 11.0 Å². The number of sulfonamides is 1. The van der Waals surface area contributed by atoms with E-state index < -0.39 is 43.7 Å². The van der Waals surface area contributed by atoms with Crippen LogP contribution in [0.3, 0.4) is 0 Å². The number of hydrogen-bond donors (Lipinski definition) is 2. The van der Waals surface area contributed by atoms with Crippen molar-refractivity contribution in [2.24, 2.45) is 5.73 Å². The zero-order valence-corrected chi connectivity index (χ0v) is 13.6. The fourth-order valence-corrected chi connectivity index (χ4v) is 3.56. The molecule has 4 nitrogen and oxygen atoms in total. The molecule has 1 aromatic rings. The van der Waals surface area contributed by atoms with E-state index in [1.807, 2.05) is 4.72 Å². The van der Waals surface area contributed by atoms with Crippen molar-refractivity contribution in [1.82, 2.24) is 4.72 Å². The fourth-order valence-electron chi connectivity index (χ4n) is 1.85. The van der Waals surface area contributed by atoms with Crippen LogP contribution in [0.2, 0.25) is 0 Å². The summed E-state index contributed by atoms with van der Waals surface area (Å²) in [6.07, 6.45) is 0.473. The Morgan fingerprint density at radius 2 is 1.50 bits per heavy atom. The molecule has 0 bridgehead atoms. The van der Waals surface area contributed by atoms with Crippen LogP contribution in [0.25, 0.3) is 0 Å². The molecule has 0 amide bonds. The maximum absolute atomic E-state index is 13.6. The van der Waals surface area contributed by atoms with E-state index >= 15 is 0 Å². The van der Waals surface area contributed by atoms with Gasteiger partial charge in [-0.3, -0.25) is 0 Å².